The number of aliphatic hydroxyl groups excluding tert-OH is 2. The van der Waals surface area contributed by atoms with E-state index in [1.165, 1.54) is 0 Å². The van der Waals surface area contributed by atoms with Crippen molar-refractivity contribution in [1.82, 2.24) is 0 Å². The van der Waals surface area contributed by atoms with Crippen LogP contribution in [0.15, 0.2) is 46.9 Å². The third kappa shape index (κ3) is 6.78. The number of rotatable bonds is 10. The maximum Gasteiger partial charge on any atom is 0.244 e. The largest absolute Gasteiger partial charge is 0.493 e. The van der Waals surface area contributed by atoms with Gasteiger partial charge in [-0.15, -0.1) is 0 Å². The van der Waals surface area contributed by atoms with Crippen LogP contribution >= 0.6 is 15.9 Å². The molecule has 6 rings (SSSR count). The van der Waals surface area contributed by atoms with Crippen molar-refractivity contribution in [1.29, 1.82) is 0 Å². The van der Waals surface area contributed by atoms with E-state index in [2.05, 4.69) is 62.8 Å². The van der Waals surface area contributed by atoms with Crippen molar-refractivity contribution in [3.05, 3.63) is 69.2 Å². The van der Waals surface area contributed by atoms with Crippen LogP contribution in [-0.4, -0.2) is 54.9 Å². The highest BCUT2D eigenvalue weighted by Gasteiger charge is 2.54. The number of anilines is 1. The summed E-state index contributed by atoms with van der Waals surface area (Å²) >= 11 is 3.56. The molecule has 1 unspecified atom stereocenters. The lowest BCUT2D eigenvalue weighted by molar-refractivity contribution is -0.118. The van der Waals surface area contributed by atoms with Gasteiger partial charge < -0.3 is 39.2 Å². The molecule has 0 aliphatic carbocycles. The fourth-order valence-corrected chi connectivity index (χ4v) is 7.18. The summed E-state index contributed by atoms with van der Waals surface area (Å²) in [6.45, 7) is 13.0. The molecule has 0 aromatic heterocycles. The molecule has 3 aliphatic heterocycles. The van der Waals surface area contributed by atoms with Crippen LogP contribution in [0.5, 0.6) is 28.7 Å². The van der Waals surface area contributed by atoms with E-state index in [0.717, 1.165) is 10.0 Å². The zero-order valence-corrected chi connectivity index (χ0v) is 29.5. The molecule has 252 valence electrons. The van der Waals surface area contributed by atoms with Gasteiger partial charge in [0.05, 0.1) is 18.8 Å². The van der Waals surface area contributed by atoms with E-state index in [4.69, 9.17) is 23.7 Å². The molecule has 47 heavy (non-hydrogen) atoms. The second-order valence-corrected chi connectivity index (χ2v) is 16.0. The molecule has 9 nitrogen and oxygen atoms in total. The average Bonchev–Trinajstić information content (AvgIpc) is 3.68. The standard InChI is InChI=1S/C37H44BrNO8/c1-35(2,3)16-23(40)18-44-30-11-21-9-10-43-29(21)13-26(30)37(25-8-7-22(38)12-28(25)39-34(37)42)27-14-32-33(47-20-46-32)15-31(27)45-19-24(41)17-36(4,5)6/h7-8,11-15,23-24,40-41H,9-10,16-20H2,1-6H3,(H,39,42)/t23-,24-,37?/m1/s1. The lowest BCUT2D eigenvalue weighted by atomic mass is 9.69. The van der Waals surface area contributed by atoms with Gasteiger partial charge in [0, 0.05) is 44.9 Å². The lowest BCUT2D eigenvalue weighted by Gasteiger charge is -2.33. The summed E-state index contributed by atoms with van der Waals surface area (Å²) in [6.07, 6.45) is 0.283. The highest BCUT2D eigenvalue weighted by molar-refractivity contribution is 9.10. The quantitative estimate of drug-likeness (QED) is 0.212. The monoisotopic (exact) mass is 709 g/mol. The van der Waals surface area contributed by atoms with Gasteiger partial charge in [-0.05, 0) is 54.0 Å². The lowest BCUT2D eigenvalue weighted by Crippen LogP contribution is -2.38. The first-order chi connectivity index (χ1) is 22.1. The smallest absolute Gasteiger partial charge is 0.244 e. The first-order valence-electron chi connectivity index (χ1n) is 16.1. The van der Waals surface area contributed by atoms with E-state index in [1.807, 2.05) is 30.3 Å². The van der Waals surface area contributed by atoms with Gasteiger partial charge in [-0.25, -0.2) is 0 Å². The molecule has 3 aromatic rings. The molecule has 0 saturated heterocycles. The van der Waals surface area contributed by atoms with Crippen molar-refractivity contribution in [2.24, 2.45) is 10.8 Å². The molecule has 3 aromatic carbocycles. The Balaban J connectivity index is 1.55. The summed E-state index contributed by atoms with van der Waals surface area (Å²) in [5, 5.41) is 25.0. The Morgan fingerprint density at radius 2 is 1.38 bits per heavy atom. The fourth-order valence-electron chi connectivity index (χ4n) is 6.82. The van der Waals surface area contributed by atoms with Gasteiger partial charge in [0.25, 0.3) is 0 Å². The van der Waals surface area contributed by atoms with Gasteiger partial charge >= 0.3 is 0 Å². The number of aliphatic hydroxyl groups is 2. The molecule has 3 heterocycles. The summed E-state index contributed by atoms with van der Waals surface area (Å²) in [7, 11) is 0. The molecule has 0 bridgehead atoms. The Bertz CT molecular complexity index is 1590. The minimum absolute atomic E-state index is 0.00442. The van der Waals surface area contributed by atoms with E-state index in [-0.39, 0.29) is 36.7 Å². The zero-order chi connectivity index (χ0) is 33.7. The van der Waals surface area contributed by atoms with Gasteiger partial charge in [-0.1, -0.05) is 63.5 Å². The third-order valence-electron chi connectivity index (χ3n) is 8.61. The van der Waals surface area contributed by atoms with Crippen molar-refractivity contribution >= 4 is 27.5 Å². The molecular weight excluding hydrogens is 666 g/mol. The zero-order valence-electron chi connectivity index (χ0n) is 27.9. The topological polar surface area (TPSA) is 116 Å². The number of nitrogens with one attached hydrogen (secondary N) is 1. The number of benzene rings is 3. The first kappa shape index (κ1) is 33.4. The average molecular weight is 711 g/mol. The molecule has 3 aliphatic rings. The molecule has 3 atom stereocenters. The van der Waals surface area contributed by atoms with Crippen LogP contribution in [0.3, 0.4) is 0 Å². The third-order valence-corrected chi connectivity index (χ3v) is 9.10. The number of hydrogen-bond donors (Lipinski definition) is 3. The van der Waals surface area contributed by atoms with Crippen LogP contribution < -0.4 is 29.0 Å². The van der Waals surface area contributed by atoms with E-state index in [0.29, 0.717) is 77.0 Å². The molecule has 1 amide bonds. The highest BCUT2D eigenvalue weighted by atomic mass is 79.9. The van der Waals surface area contributed by atoms with Crippen molar-refractivity contribution in [2.45, 2.75) is 78.4 Å². The maximum atomic E-state index is 14.8. The van der Waals surface area contributed by atoms with E-state index >= 15 is 0 Å². The Morgan fingerprint density at radius 3 is 2.00 bits per heavy atom. The van der Waals surface area contributed by atoms with E-state index in [1.54, 1.807) is 12.1 Å². The molecule has 10 heteroatoms. The predicted molar refractivity (Wildman–Crippen MR) is 182 cm³/mol. The molecule has 0 spiro atoms. The normalized spacial score (nSPS) is 19.5. The SMILES string of the molecule is CC(C)(C)C[C@@H](O)COc1cc2c(cc1C1(c3cc4c(cc3OC[C@H](O)CC(C)(C)C)OCO4)C(=O)Nc3cc(Br)ccc31)OCC2. The summed E-state index contributed by atoms with van der Waals surface area (Å²) in [5.41, 5.74) is 1.60. The van der Waals surface area contributed by atoms with Gasteiger partial charge in [0.1, 0.15) is 35.9 Å². The highest BCUT2D eigenvalue weighted by Crippen LogP contribution is 2.56. The second-order valence-electron chi connectivity index (χ2n) is 15.1. The van der Waals surface area contributed by atoms with Crippen LogP contribution in [0.1, 0.15) is 76.6 Å². The summed E-state index contributed by atoms with van der Waals surface area (Å²) in [6, 6.07) is 13.0. The Labute approximate surface area is 284 Å². The number of hydrogen-bond acceptors (Lipinski definition) is 8. The first-order valence-corrected chi connectivity index (χ1v) is 16.9. The number of carbonyl (C=O) groups excluding carboxylic acids is 1. The molecule has 0 saturated carbocycles. The molecule has 0 fully saturated rings. The number of fused-ring (bicyclic) bond motifs is 3. The van der Waals surface area contributed by atoms with Crippen molar-refractivity contribution in [3.8, 4) is 28.7 Å². The van der Waals surface area contributed by atoms with Crippen LogP contribution in [0.4, 0.5) is 5.69 Å². The summed E-state index contributed by atoms with van der Waals surface area (Å²) in [5.74, 6) is 2.14. The van der Waals surface area contributed by atoms with Crippen molar-refractivity contribution in [2.75, 3.05) is 31.9 Å². The minimum Gasteiger partial charge on any atom is -0.493 e. The van der Waals surface area contributed by atoms with E-state index < -0.39 is 17.6 Å². The van der Waals surface area contributed by atoms with Crippen LogP contribution in [0, 0.1) is 10.8 Å². The Hall–Kier alpha value is -3.47. The number of ether oxygens (including phenoxy) is 5. The maximum absolute atomic E-state index is 14.8. The Morgan fingerprint density at radius 1 is 0.809 bits per heavy atom. The predicted octanol–water partition coefficient (Wildman–Crippen LogP) is 6.75. The van der Waals surface area contributed by atoms with Gasteiger partial charge in [-0.2, -0.15) is 0 Å². The second kappa shape index (κ2) is 12.5. The summed E-state index contributed by atoms with van der Waals surface area (Å²) in [4.78, 5) is 14.8. The number of carbonyl (C=O) groups is 1. The number of amides is 1. The number of halogens is 1. The minimum atomic E-state index is -1.49. The molecular formula is C37H44BrNO8. The Kier molecular flexibility index (Phi) is 8.91. The fraction of sp³-hybridized carbons (Fsp3) is 0.486. The molecule has 0 radical (unpaired) electrons. The van der Waals surface area contributed by atoms with Gasteiger partial charge in [-0.3, -0.25) is 4.79 Å². The summed E-state index contributed by atoms with van der Waals surface area (Å²) < 4.78 is 31.3. The van der Waals surface area contributed by atoms with Gasteiger partial charge in [0.15, 0.2) is 11.5 Å². The van der Waals surface area contributed by atoms with Crippen LogP contribution in [0.2, 0.25) is 0 Å². The van der Waals surface area contributed by atoms with Crippen LogP contribution in [-0.2, 0) is 16.6 Å². The van der Waals surface area contributed by atoms with Crippen molar-refractivity contribution < 1.29 is 38.7 Å². The van der Waals surface area contributed by atoms with Crippen molar-refractivity contribution in [3.63, 3.8) is 0 Å². The van der Waals surface area contributed by atoms with E-state index in [9.17, 15) is 15.0 Å². The van der Waals surface area contributed by atoms with Crippen LogP contribution in [0.25, 0.3) is 0 Å². The molecule has 3 N–H and O–H groups in total. The van der Waals surface area contributed by atoms with Gasteiger partial charge in [0.2, 0.25) is 12.7 Å².